The predicted molar refractivity (Wildman–Crippen MR) is 72.3 cm³/mol. The Bertz CT molecular complexity index is 169. The van der Waals surface area contributed by atoms with E-state index in [0.717, 1.165) is 25.9 Å². The van der Waals surface area contributed by atoms with E-state index in [1.54, 1.807) is 0 Å². The van der Waals surface area contributed by atoms with Gasteiger partial charge in [0, 0.05) is 11.6 Å². The van der Waals surface area contributed by atoms with E-state index in [2.05, 4.69) is 44.9 Å². The van der Waals surface area contributed by atoms with Gasteiger partial charge in [0.15, 0.2) is 0 Å². The molecule has 0 bridgehead atoms. The van der Waals surface area contributed by atoms with Gasteiger partial charge in [-0.3, -0.25) is 16.2 Å². The van der Waals surface area contributed by atoms with Gasteiger partial charge in [-0.05, 0) is 32.9 Å². The van der Waals surface area contributed by atoms with Gasteiger partial charge >= 0.3 is 0 Å². The summed E-state index contributed by atoms with van der Waals surface area (Å²) in [5.74, 6) is 5.75. The molecule has 0 amide bonds. The zero-order valence-electron chi connectivity index (χ0n) is 11.8. The van der Waals surface area contributed by atoms with Gasteiger partial charge in [0.25, 0.3) is 0 Å². The molecule has 3 nitrogen and oxygen atoms in total. The number of likely N-dealkylation sites (N-methyl/N-ethyl adjacent to an activating group) is 1. The van der Waals surface area contributed by atoms with Crippen LogP contribution in [0, 0.1) is 0 Å². The van der Waals surface area contributed by atoms with Crippen molar-refractivity contribution in [2.75, 3.05) is 13.1 Å². The number of hydrogen-bond acceptors (Lipinski definition) is 3. The second-order valence-corrected chi connectivity index (χ2v) is 4.74. The molecule has 2 atom stereocenters. The maximum Gasteiger partial charge on any atom is 0.0391 e. The molecule has 0 spiro atoms. The molecule has 0 aliphatic carbocycles. The molecule has 16 heavy (non-hydrogen) atoms. The lowest BCUT2D eigenvalue weighted by Gasteiger charge is -2.45. The summed E-state index contributed by atoms with van der Waals surface area (Å²) in [5, 5.41) is 0. The lowest BCUT2D eigenvalue weighted by Crippen LogP contribution is -2.60. The third-order valence-electron chi connectivity index (χ3n) is 4.00. The third kappa shape index (κ3) is 3.72. The second-order valence-electron chi connectivity index (χ2n) is 4.74. The van der Waals surface area contributed by atoms with E-state index in [4.69, 9.17) is 5.84 Å². The van der Waals surface area contributed by atoms with Crippen LogP contribution in [-0.2, 0) is 0 Å². The van der Waals surface area contributed by atoms with Crippen LogP contribution in [0.3, 0.4) is 0 Å². The van der Waals surface area contributed by atoms with Gasteiger partial charge in [0.2, 0.25) is 0 Å². The van der Waals surface area contributed by atoms with E-state index in [1.807, 2.05) is 0 Å². The molecule has 0 saturated carbocycles. The van der Waals surface area contributed by atoms with Crippen LogP contribution in [0.2, 0.25) is 0 Å². The molecule has 0 heterocycles. The van der Waals surface area contributed by atoms with Crippen LogP contribution in [0.15, 0.2) is 0 Å². The Morgan fingerprint density at radius 2 is 1.75 bits per heavy atom. The molecule has 0 aromatic carbocycles. The van der Waals surface area contributed by atoms with Crippen molar-refractivity contribution in [1.82, 2.24) is 10.3 Å². The lowest BCUT2D eigenvalue weighted by atomic mass is 9.84. The van der Waals surface area contributed by atoms with Crippen LogP contribution in [-0.4, -0.2) is 29.6 Å². The van der Waals surface area contributed by atoms with Crippen LogP contribution in [0.25, 0.3) is 0 Å². The van der Waals surface area contributed by atoms with Gasteiger partial charge in [-0.2, -0.15) is 0 Å². The van der Waals surface area contributed by atoms with E-state index < -0.39 is 0 Å². The molecular weight excluding hydrogens is 198 g/mol. The molecule has 0 radical (unpaired) electrons. The Kier molecular flexibility index (Phi) is 7.98. The smallest absolute Gasteiger partial charge is 0.0391 e. The Hall–Kier alpha value is -0.120. The number of unbranched alkanes of at least 4 members (excludes halogenated alkanes) is 1. The molecular formula is C13H31N3. The summed E-state index contributed by atoms with van der Waals surface area (Å²) in [6.07, 6.45) is 4.77. The summed E-state index contributed by atoms with van der Waals surface area (Å²) in [4.78, 5) is 2.52. The fourth-order valence-corrected chi connectivity index (χ4v) is 2.62. The average molecular weight is 229 g/mol. The molecule has 0 fully saturated rings. The topological polar surface area (TPSA) is 41.3 Å². The molecule has 98 valence electrons. The quantitative estimate of drug-likeness (QED) is 0.471. The number of nitrogens with two attached hydrogens (primary N) is 1. The standard InChI is InChI=1S/C13H31N3/c1-6-10-11-12(15-14)13(5,7-2)16(8-3)9-4/h12,15H,6-11,14H2,1-5H3. The van der Waals surface area contributed by atoms with Crippen LogP contribution in [0.5, 0.6) is 0 Å². The van der Waals surface area contributed by atoms with Crippen molar-refractivity contribution in [2.24, 2.45) is 5.84 Å². The maximum absolute atomic E-state index is 5.75. The lowest BCUT2D eigenvalue weighted by molar-refractivity contribution is 0.0658. The van der Waals surface area contributed by atoms with Crippen molar-refractivity contribution >= 4 is 0 Å². The highest BCUT2D eigenvalue weighted by molar-refractivity contribution is 4.94. The molecule has 2 unspecified atom stereocenters. The summed E-state index contributed by atoms with van der Waals surface area (Å²) in [7, 11) is 0. The first kappa shape index (κ1) is 15.9. The van der Waals surface area contributed by atoms with Gasteiger partial charge in [0.05, 0.1) is 0 Å². The summed E-state index contributed by atoms with van der Waals surface area (Å²) in [6, 6.07) is 0.386. The van der Waals surface area contributed by atoms with E-state index in [0.29, 0.717) is 6.04 Å². The maximum atomic E-state index is 5.75. The highest BCUT2D eigenvalue weighted by Gasteiger charge is 2.35. The molecule has 0 aliphatic heterocycles. The molecule has 0 aromatic heterocycles. The number of hydrazine groups is 1. The van der Waals surface area contributed by atoms with Crippen LogP contribution >= 0.6 is 0 Å². The molecule has 0 saturated heterocycles. The highest BCUT2D eigenvalue weighted by Crippen LogP contribution is 2.26. The fraction of sp³-hybridized carbons (Fsp3) is 1.00. The van der Waals surface area contributed by atoms with Crippen molar-refractivity contribution in [2.45, 2.75) is 71.9 Å². The van der Waals surface area contributed by atoms with Crippen molar-refractivity contribution < 1.29 is 0 Å². The van der Waals surface area contributed by atoms with Gasteiger partial charge < -0.3 is 0 Å². The Morgan fingerprint density at radius 1 is 1.19 bits per heavy atom. The summed E-state index contributed by atoms with van der Waals surface area (Å²) >= 11 is 0. The molecule has 0 rings (SSSR count). The number of rotatable bonds is 9. The summed E-state index contributed by atoms with van der Waals surface area (Å²) in [6.45, 7) is 13.5. The average Bonchev–Trinajstić information content (AvgIpc) is 2.31. The Morgan fingerprint density at radius 3 is 2.06 bits per heavy atom. The van der Waals surface area contributed by atoms with Crippen LogP contribution < -0.4 is 11.3 Å². The minimum Gasteiger partial charge on any atom is -0.297 e. The van der Waals surface area contributed by atoms with Gasteiger partial charge in [-0.25, -0.2) is 0 Å². The Labute approximate surface area is 102 Å². The number of nitrogens with one attached hydrogen (secondary N) is 1. The van der Waals surface area contributed by atoms with Gasteiger partial charge in [0.1, 0.15) is 0 Å². The Balaban J connectivity index is 4.71. The molecule has 0 aromatic rings. The minimum absolute atomic E-state index is 0.174. The van der Waals surface area contributed by atoms with Crippen molar-refractivity contribution in [3.05, 3.63) is 0 Å². The number of nitrogens with zero attached hydrogens (tertiary/aromatic N) is 1. The van der Waals surface area contributed by atoms with E-state index in [1.165, 1.54) is 12.8 Å². The SMILES string of the molecule is CCCCC(NN)C(C)(CC)N(CC)CC. The summed E-state index contributed by atoms with van der Waals surface area (Å²) in [5.41, 5.74) is 3.21. The monoisotopic (exact) mass is 229 g/mol. The largest absolute Gasteiger partial charge is 0.297 e. The van der Waals surface area contributed by atoms with Gasteiger partial charge in [-0.1, -0.05) is 40.5 Å². The number of hydrogen-bond donors (Lipinski definition) is 2. The van der Waals surface area contributed by atoms with E-state index in [9.17, 15) is 0 Å². The normalized spacial score (nSPS) is 17.4. The zero-order chi connectivity index (χ0) is 12.6. The first-order valence-electron chi connectivity index (χ1n) is 6.81. The third-order valence-corrected chi connectivity index (χ3v) is 4.00. The minimum atomic E-state index is 0.174. The van der Waals surface area contributed by atoms with E-state index >= 15 is 0 Å². The molecule has 3 heteroatoms. The summed E-state index contributed by atoms with van der Waals surface area (Å²) < 4.78 is 0. The highest BCUT2D eigenvalue weighted by atomic mass is 15.3. The van der Waals surface area contributed by atoms with Crippen LogP contribution in [0.4, 0.5) is 0 Å². The first-order chi connectivity index (χ1) is 7.60. The zero-order valence-corrected chi connectivity index (χ0v) is 11.8. The second kappa shape index (κ2) is 8.04. The van der Waals surface area contributed by atoms with Crippen LogP contribution in [0.1, 0.15) is 60.3 Å². The van der Waals surface area contributed by atoms with Crippen molar-refractivity contribution in [3.63, 3.8) is 0 Å². The first-order valence-corrected chi connectivity index (χ1v) is 6.81. The fourth-order valence-electron chi connectivity index (χ4n) is 2.62. The van der Waals surface area contributed by atoms with E-state index in [-0.39, 0.29) is 5.54 Å². The molecule has 3 N–H and O–H groups in total. The predicted octanol–water partition coefficient (Wildman–Crippen LogP) is 2.52. The van der Waals surface area contributed by atoms with Crippen molar-refractivity contribution in [3.8, 4) is 0 Å². The van der Waals surface area contributed by atoms with Crippen molar-refractivity contribution in [1.29, 1.82) is 0 Å². The molecule has 0 aliphatic rings. The van der Waals surface area contributed by atoms with Gasteiger partial charge in [-0.15, -0.1) is 0 Å².